The number of fused-ring (bicyclic) bond motifs is 1. The Balaban J connectivity index is 1.66. The van der Waals surface area contributed by atoms with E-state index in [0.29, 0.717) is 0 Å². The molecule has 0 saturated carbocycles. The summed E-state index contributed by atoms with van der Waals surface area (Å²) in [5.74, 6) is 0.837. The summed E-state index contributed by atoms with van der Waals surface area (Å²) in [6.07, 6.45) is 1.93. The average molecular weight is 267 g/mol. The fourth-order valence-corrected chi connectivity index (χ4v) is 2.49. The van der Waals surface area contributed by atoms with Crippen LogP contribution in [0.2, 0.25) is 0 Å². The van der Waals surface area contributed by atoms with Crippen LogP contribution in [0.15, 0.2) is 54.6 Å². The minimum atomic E-state index is 0.0387. The van der Waals surface area contributed by atoms with Crippen LogP contribution < -0.4 is 9.64 Å². The molecule has 2 aromatic carbocycles. The molecule has 1 amide bonds. The van der Waals surface area contributed by atoms with E-state index in [-0.39, 0.29) is 12.5 Å². The topological polar surface area (TPSA) is 29.5 Å². The second-order valence-electron chi connectivity index (χ2n) is 4.89. The SMILES string of the molecule is O=C1COc2ccccc2N1CCCc1ccccc1. The standard InChI is InChI=1S/C17H17NO2/c19-17-13-20-16-11-5-4-10-15(16)18(17)12-6-9-14-7-2-1-3-8-14/h1-5,7-8,10-11H,6,9,12-13H2. The smallest absolute Gasteiger partial charge is 0.265 e. The van der Waals surface area contributed by atoms with E-state index in [0.717, 1.165) is 30.8 Å². The third kappa shape index (κ3) is 2.67. The van der Waals surface area contributed by atoms with Gasteiger partial charge in [0.15, 0.2) is 6.61 Å². The number of anilines is 1. The first-order chi connectivity index (χ1) is 9.84. The molecule has 1 heterocycles. The number of ether oxygens (including phenoxy) is 1. The van der Waals surface area contributed by atoms with Crippen molar-refractivity contribution in [2.75, 3.05) is 18.1 Å². The molecule has 20 heavy (non-hydrogen) atoms. The van der Waals surface area contributed by atoms with E-state index in [9.17, 15) is 4.79 Å². The summed E-state index contributed by atoms with van der Waals surface area (Å²) in [6, 6.07) is 18.1. The molecular formula is C17H17NO2. The largest absolute Gasteiger partial charge is 0.482 e. The molecule has 0 bridgehead atoms. The van der Waals surface area contributed by atoms with E-state index in [2.05, 4.69) is 12.1 Å². The summed E-state index contributed by atoms with van der Waals surface area (Å²) in [6.45, 7) is 0.871. The van der Waals surface area contributed by atoms with Gasteiger partial charge in [-0.15, -0.1) is 0 Å². The molecule has 0 spiro atoms. The quantitative estimate of drug-likeness (QED) is 0.852. The van der Waals surface area contributed by atoms with E-state index in [1.807, 2.05) is 47.4 Å². The van der Waals surface area contributed by atoms with E-state index < -0.39 is 0 Å². The highest BCUT2D eigenvalue weighted by Gasteiger charge is 2.24. The Labute approximate surface area is 118 Å². The van der Waals surface area contributed by atoms with Crippen molar-refractivity contribution in [3.8, 4) is 5.75 Å². The zero-order valence-corrected chi connectivity index (χ0v) is 11.3. The number of nitrogens with zero attached hydrogens (tertiary/aromatic N) is 1. The lowest BCUT2D eigenvalue weighted by Gasteiger charge is -2.29. The van der Waals surface area contributed by atoms with Crippen LogP contribution >= 0.6 is 0 Å². The van der Waals surface area contributed by atoms with Crippen molar-refractivity contribution in [1.29, 1.82) is 0 Å². The van der Waals surface area contributed by atoms with Crippen molar-refractivity contribution in [1.82, 2.24) is 0 Å². The van der Waals surface area contributed by atoms with E-state index in [4.69, 9.17) is 4.74 Å². The summed E-state index contributed by atoms with van der Waals surface area (Å²) >= 11 is 0. The van der Waals surface area contributed by atoms with Crippen LogP contribution in [-0.4, -0.2) is 19.1 Å². The van der Waals surface area contributed by atoms with Crippen LogP contribution in [-0.2, 0) is 11.2 Å². The molecule has 3 heteroatoms. The molecule has 0 saturated heterocycles. The highest BCUT2D eigenvalue weighted by atomic mass is 16.5. The lowest BCUT2D eigenvalue weighted by molar-refractivity contribution is -0.121. The summed E-state index contributed by atoms with van der Waals surface area (Å²) in [5, 5.41) is 0. The molecule has 102 valence electrons. The highest BCUT2D eigenvalue weighted by Crippen LogP contribution is 2.31. The van der Waals surface area contributed by atoms with Crippen LogP contribution in [0.3, 0.4) is 0 Å². The summed E-state index contributed by atoms with van der Waals surface area (Å²) in [5.41, 5.74) is 2.19. The molecule has 1 aliphatic heterocycles. The minimum Gasteiger partial charge on any atom is -0.482 e. The minimum absolute atomic E-state index is 0.0387. The fraction of sp³-hybridized carbons (Fsp3) is 0.235. The Morgan fingerprint density at radius 3 is 2.60 bits per heavy atom. The van der Waals surface area contributed by atoms with E-state index >= 15 is 0 Å². The molecular weight excluding hydrogens is 250 g/mol. The molecule has 1 aliphatic rings. The van der Waals surface area contributed by atoms with Crippen LogP contribution in [0.25, 0.3) is 0 Å². The second kappa shape index (κ2) is 5.78. The van der Waals surface area contributed by atoms with Gasteiger partial charge in [-0.2, -0.15) is 0 Å². The lowest BCUT2D eigenvalue weighted by Crippen LogP contribution is -2.39. The Bertz CT molecular complexity index is 595. The molecule has 0 aliphatic carbocycles. The van der Waals surface area contributed by atoms with Gasteiger partial charge in [0.2, 0.25) is 0 Å². The Hall–Kier alpha value is -2.29. The number of para-hydroxylation sites is 2. The van der Waals surface area contributed by atoms with Gasteiger partial charge in [0, 0.05) is 6.54 Å². The van der Waals surface area contributed by atoms with Crippen molar-refractivity contribution < 1.29 is 9.53 Å². The first-order valence-corrected chi connectivity index (χ1v) is 6.91. The van der Waals surface area contributed by atoms with Crippen molar-refractivity contribution >= 4 is 11.6 Å². The molecule has 3 nitrogen and oxygen atoms in total. The number of carbonyl (C=O) groups excluding carboxylic acids is 1. The maximum absolute atomic E-state index is 12.0. The lowest BCUT2D eigenvalue weighted by atomic mass is 10.1. The van der Waals surface area contributed by atoms with Gasteiger partial charge in [-0.05, 0) is 30.5 Å². The normalized spacial score (nSPS) is 13.8. The van der Waals surface area contributed by atoms with Crippen molar-refractivity contribution in [3.63, 3.8) is 0 Å². The molecule has 0 atom stereocenters. The summed E-state index contributed by atoms with van der Waals surface area (Å²) in [7, 11) is 0. The predicted molar refractivity (Wildman–Crippen MR) is 79.1 cm³/mol. The number of hydrogen-bond acceptors (Lipinski definition) is 2. The van der Waals surface area contributed by atoms with Gasteiger partial charge in [0.1, 0.15) is 5.75 Å². The van der Waals surface area contributed by atoms with Crippen LogP contribution in [0.1, 0.15) is 12.0 Å². The predicted octanol–water partition coefficient (Wildman–Crippen LogP) is 3.04. The van der Waals surface area contributed by atoms with Gasteiger partial charge in [0.25, 0.3) is 5.91 Å². The molecule has 2 aromatic rings. The number of aryl methyl sites for hydroxylation is 1. The van der Waals surface area contributed by atoms with Gasteiger partial charge < -0.3 is 9.64 Å². The number of rotatable bonds is 4. The molecule has 3 rings (SSSR count). The first-order valence-electron chi connectivity index (χ1n) is 6.91. The molecule has 0 N–H and O–H groups in total. The van der Waals surface area contributed by atoms with Gasteiger partial charge in [-0.1, -0.05) is 42.5 Å². The first kappa shape index (κ1) is 12.7. The van der Waals surface area contributed by atoms with Gasteiger partial charge in [-0.3, -0.25) is 4.79 Å². The van der Waals surface area contributed by atoms with Crippen molar-refractivity contribution in [2.45, 2.75) is 12.8 Å². The molecule has 0 radical (unpaired) electrons. The van der Waals surface area contributed by atoms with Crippen molar-refractivity contribution in [2.24, 2.45) is 0 Å². The highest BCUT2D eigenvalue weighted by molar-refractivity contribution is 5.97. The second-order valence-corrected chi connectivity index (χ2v) is 4.89. The summed E-state index contributed by atoms with van der Waals surface area (Å²) < 4.78 is 5.44. The van der Waals surface area contributed by atoms with Gasteiger partial charge >= 0.3 is 0 Å². The monoisotopic (exact) mass is 267 g/mol. The third-order valence-corrected chi connectivity index (χ3v) is 3.50. The fourth-order valence-electron chi connectivity index (χ4n) is 2.49. The molecule has 0 aromatic heterocycles. The zero-order chi connectivity index (χ0) is 13.8. The summed E-state index contributed by atoms with van der Waals surface area (Å²) in [4.78, 5) is 13.8. The molecule has 0 unspecified atom stereocenters. The molecule has 0 fully saturated rings. The van der Waals surface area contributed by atoms with E-state index in [1.54, 1.807) is 0 Å². The number of benzene rings is 2. The van der Waals surface area contributed by atoms with Gasteiger partial charge in [-0.25, -0.2) is 0 Å². The van der Waals surface area contributed by atoms with Crippen LogP contribution in [0, 0.1) is 0 Å². The maximum atomic E-state index is 12.0. The Kier molecular flexibility index (Phi) is 3.68. The van der Waals surface area contributed by atoms with E-state index in [1.165, 1.54) is 5.56 Å². The number of hydrogen-bond donors (Lipinski definition) is 0. The van der Waals surface area contributed by atoms with Gasteiger partial charge in [0.05, 0.1) is 5.69 Å². The van der Waals surface area contributed by atoms with Crippen LogP contribution in [0.4, 0.5) is 5.69 Å². The maximum Gasteiger partial charge on any atom is 0.265 e. The average Bonchev–Trinajstić information content (AvgIpc) is 2.50. The van der Waals surface area contributed by atoms with Crippen molar-refractivity contribution in [3.05, 3.63) is 60.2 Å². The third-order valence-electron chi connectivity index (χ3n) is 3.50. The zero-order valence-electron chi connectivity index (χ0n) is 11.3. The number of carbonyl (C=O) groups is 1. The number of amides is 1. The Morgan fingerprint density at radius 1 is 1.00 bits per heavy atom. The Morgan fingerprint density at radius 2 is 1.75 bits per heavy atom. The van der Waals surface area contributed by atoms with Crippen LogP contribution in [0.5, 0.6) is 5.75 Å².